The topological polar surface area (TPSA) is 78.6 Å². The molecule has 5 nitrogen and oxygen atoms in total. The van der Waals surface area contributed by atoms with E-state index in [1.807, 2.05) is 0 Å². The van der Waals surface area contributed by atoms with Crippen molar-refractivity contribution >= 4 is 17.6 Å². The van der Waals surface area contributed by atoms with Crippen molar-refractivity contribution in [2.45, 2.75) is 58.7 Å². The molecular weight excluding hydrogens is 282 g/mol. The van der Waals surface area contributed by atoms with Gasteiger partial charge >= 0.3 is 11.9 Å². The third-order valence-electron chi connectivity index (χ3n) is 2.55. The van der Waals surface area contributed by atoms with Gasteiger partial charge in [-0.15, -0.1) is 0 Å². The molecular formula is C17H25NO4. The SMILES string of the molecule is CC(C)(C)OC(=O)C(C(=O)OC(C)(C)C)c1ccc(N)cc1. The van der Waals surface area contributed by atoms with Crippen LogP contribution >= 0.6 is 0 Å². The molecule has 0 saturated heterocycles. The maximum absolute atomic E-state index is 12.4. The number of esters is 2. The third kappa shape index (κ3) is 5.76. The van der Waals surface area contributed by atoms with Crippen molar-refractivity contribution < 1.29 is 19.1 Å². The van der Waals surface area contributed by atoms with Crippen LogP contribution in [0.1, 0.15) is 53.0 Å². The Morgan fingerprint density at radius 2 is 1.23 bits per heavy atom. The van der Waals surface area contributed by atoms with Crippen LogP contribution in [0, 0.1) is 0 Å². The van der Waals surface area contributed by atoms with Crippen molar-refractivity contribution in [2.75, 3.05) is 5.73 Å². The highest BCUT2D eigenvalue weighted by atomic mass is 16.6. The number of carbonyl (C=O) groups is 2. The molecule has 0 amide bonds. The summed E-state index contributed by atoms with van der Waals surface area (Å²) >= 11 is 0. The Kier molecular flexibility index (Phi) is 5.22. The number of nitrogens with two attached hydrogens (primary N) is 1. The average Bonchev–Trinajstić information content (AvgIpc) is 2.27. The van der Waals surface area contributed by atoms with Gasteiger partial charge in [0.2, 0.25) is 0 Å². The number of hydrogen-bond donors (Lipinski definition) is 1. The average molecular weight is 307 g/mol. The minimum Gasteiger partial charge on any atom is -0.459 e. The third-order valence-corrected chi connectivity index (χ3v) is 2.55. The van der Waals surface area contributed by atoms with Crippen molar-refractivity contribution in [1.82, 2.24) is 0 Å². The number of hydrogen-bond acceptors (Lipinski definition) is 5. The lowest BCUT2D eigenvalue weighted by Crippen LogP contribution is -2.35. The molecule has 0 spiro atoms. The van der Waals surface area contributed by atoms with Crippen LogP contribution in [0.4, 0.5) is 5.69 Å². The van der Waals surface area contributed by atoms with Gasteiger partial charge in [0.05, 0.1) is 0 Å². The highest BCUT2D eigenvalue weighted by molar-refractivity contribution is 6.01. The van der Waals surface area contributed by atoms with Gasteiger partial charge in [0.25, 0.3) is 0 Å². The molecule has 122 valence electrons. The van der Waals surface area contributed by atoms with Crippen molar-refractivity contribution in [3.8, 4) is 0 Å². The summed E-state index contributed by atoms with van der Waals surface area (Å²) in [6.07, 6.45) is 0. The van der Waals surface area contributed by atoms with Gasteiger partial charge in [-0.25, -0.2) is 0 Å². The Bertz CT molecular complexity index is 507. The number of rotatable bonds is 3. The standard InChI is InChI=1S/C17H25NO4/c1-16(2,3)21-14(19)13(15(20)22-17(4,5)6)11-7-9-12(18)10-8-11/h7-10,13H,18H2,1-6H3. The lowest BCUT2D eigenvalue weighted by molar-refractivity contribution is -0.169. The number of ether oxygens (including phenoxy) is 2. The summed E-state index contributed by atoms with van der Waals surface area (Å²) in [7, 11) is 0. The van der Waals surface area contributed by atoms with Gasteiger partial charge in [-0.1, -0.05) is 12.1 Å². The van der Waals surface area contributed by atoms with Gasteiger partial charge in [-0.2, -0.15) is 0 Å². The Balaban J connectivity index is 3.12. The number of anilines is 1. The second-order valence-corrected chi connectivity index (χ2v) is 7.17. The minimum atomic E-state index is -1.13. The first-order valence-corrected chi connectivity index (χ1v) is 7.20. The highest BCUT2D eigenvalue weighted by Crippen LogP contribution is 2.25. The van der Waals surface area contributed by atoms with Gasteiger partial charge in [-0.3, -0.25) is 9.59 Å². The summed E-state index contributed by atoms with van der Waals surface area (Å²) in [5, 5.41) is 0. The van der Waals surface area contributed by atoms with Crippen molar-refractivity contribution in [3.05, 3.63) is 29.8 Å². The number of carbonyl (C=O) groups excluding carboxylic acids is 2. The van der Waals surface area contributed by atoms with E-state index in [1.165, 1.54) is 0 Å². The predicted molar refractivity (Wildman–Crippen MR) is 85.3 cm³/mol. The van der Waals surface area contributed by atoms with Crippen LogP contribution < -0.4 is 5.73 Å². The van der Waals surface area contributed by atoms with Crippen molar-refractivity contribution in [2.24, 2.45) is 0 Å². The monoisotopic (exact) mass is 307 g/mol. The minimum absolute atomic E-state index is 0.498. The summed E-state index contributed by atoms with van der Waals surface area (Å²) in [4.78, 5) is 24.8. The molecule has 0 unspecified atom stereocenters. The van der Waals surface area contributed by atoms with Crippen LogP contribution in [0.25, 0.3) is 0 Å². The molecule has 1 aromatic rings. The maximum Gasteiger partial charge on any atom is 0.325 e. The first-order chi connectivity index (χ1) is 9.89. The van der Waals surface area contributed by atoms with E-state index in [-0.39, 0.29) is 0 Å². The molecule has 1 aromatic carbocycles. The van der Waals surface area contributed by atoms with Gasteiger partial charge in [0.15, 0.2) is 5.92 Å². The lowest BCUT2D eigenvalue weighted by Gasteiger charge is -2.26. The molecule has 0 fully saturated rings. The fourth-order valence-electron chi connectivity index (χ4n) is 1.78. The van der Waals surface area contributed by atoms with E-state index >= 15 is 0 Å². The molecule has 0 aliphatic carbocycles. The van der Waals surface area contributed by atoms with E-state index in [4.69, 9.17) is 15.2 Å². The first-order valence-electron chi connectivity index (χ1n) is 7.20. The highest BCUT2D eigenvalue weighted by Gasteiger charge is 2.36. The Morgan fingerprint density at radius 3 is 1.55 bits per heavy atom. The molecule has 0 saturated carbocycles. The summed E-state index contributed by atoms with van der Waals surface area (Å²) in [5.74, 6) is -2.39. The lowest BCUT2D eigenvalue weighted by atomic mass is 9.98. The summed E-state index contributed by atoms with van der Waals surface area (Å²) < 4.78 is 10.7. The molecule has 1 rings (SSSR count). The smallest absolute Gasteiger partial charge is 0.325 e. The van der Waals surface area contributed by atoms with Crippen LogP contribution in [-0.2, 0) is 19.1 Å². The Labute approximate surface area is 131 Å². The van der Waals surface area contributed by atoms with E-state index in [2.05, 4.69) is 0 Å². The first kappa shape index (κ1) is 18.0. The van der Waals surface area contributed by atoms with Crippen molar-refractivity contribution in [1.29, 1.82) is 0 Å². The fourth-order valence-corrected chi connectivity index (χ4v) is 1.78. The van der Waals surface area contributed by atoms with Gasteiger partial charge < -0.3 is 15.2 Å². The molecule has 0 atom stereocenters. The van der Waals surface area contributed by atoms with E-state index in [9.17, 15) is 9.59 Å². The van der Waals surface area contributed by atoms with Crippen LogP contribution in [-0.4, -0.2) is 23.1 Å². The molecule has 0 radical (unpaired) electrons. The molecule has 5 heteroatoms. The quantitative estimate of drug-likeness (QED) is 0.527. The molecule has 0 aromatic heterocycles. The van der Waals surface area contributed by atoms with Gasteiger partial charge in [0, 0.05) is 5.69 Å². The molecule has 0 bridgehead atoms. The van der Waals surface area contributed by atoms with Crippen molar-refractivity contribution in [3.63, 3.8) is 0 Å². The van der Waals surface area contributed by atoms with E-state index in [0.717, 1.165) is 0 Å². The number of nitrogen functional groups attached to an aromatic ring is 1. The normalized spacial score (nSPS) is 12.1. The number of benzene rings is 1. The Hall–Kier alpha value is -2.04. The van der Waals surface area contributed by atoms with E-state index < -0.39 is 29.1 Å². The second-order valence-electron chi connectivity index (χ2n) is 7.17. The van der Waals surface area contributed by atoms with Gasteiger partial charge in [0.1, 0.15) is 11.2 Å². The zero-order chi connectivity index (χ0) is 17.1. The maximum atomic E-state index is 12.4. The van der Waals surface area contributed by atoms with E-state index in [1.54, 1.807) is 65.8 Å². The molecule has 0 heterocycles. The largest absolute Gasteiger partial charge is 0.459 e. The molecule has 0 aliphatic rings. The molecule has 0 aliphatic heterocycles. The summed E-state index contributed by atoms with van der Waals surface area (Å²) in [6.45, 7) is 10.5. The summed E-state index contributed by atoms with van der Waals surface area (Å²) in [5.41, 5.74) is 5.32. The predicted octanol–water partition coefficient (Wildman–Crippen LogP) is 3.04. The van der Waals surface area contributed by atoms with Gasteiger partial charge in [-0.05, 0) is 59.2 Å². The fraction of sp³-hybridized carbons (Fsp3) is 0.529. The van der Waals surface area contributed by atoms with Crippen LogP contribution in [0.2, 0.25) is 0 Å². The zero-order valence-corrected chi connectivity index (χ0v) is 14.1. The second kappa shape index (κ2) is 6.38. The molecule has 22 heavy (non-hydrogen) atoms. The Morgan fingerprint density at radius 1 is 0.864 bits per heavy atom. The summed E-state index contributed by atoms with van der Waals surface area (Å²) in [6, 6.07) is 6.54. The van der Waals surface area contributed by atoms with Crippen LogP contribution in [0.3, 0.4) is 0 Å². The van der Waals surface area contributed by atoms with E-state index in [0.29, 0.717) is 11.3 Å². The van der Waals surface area contributed by atoms with Crippen LogP contribution in [0.15, 0.2) is 24.3 Å². The zero-order valence-electron chi connectivity index (χ0n) is 14.1. The molecule has 2 N–H and O–H groups in total. The van der Waals surface area contributed by atoms with Crippen LogP contribution in [0.5, 0.6) is 0 Å².